The molecule has 0 aliphatic heterocycles. The number of nitriles is 1. The molecule has 0 saturated carbocycles. The van der Waals surface area contributed by atoms with Crippen molar-refractivity contribution in [2.24, 2.45) is 0 Å². The zero-order valence-corrected chi connectivity index (χ0v) is 10.7. The van der Waals surface area contributed by atoms with Gasteiger partial charge in [0.2, 0.25) is 10.0 Å². The standard InChI is InChI=1S/C9H10F2N2O3S2/c10-8(11)6-16-4-3-13-18(14,15)9-2-1-7(5-12)17-9/h1-2,8,13H,3-4,6H2. The molecule has 0 amide bonds. The van der Waals surface area contributed by atoms with E-state index in [9.17, 15) is 17.2 Å². The highest BCUT2D eigenvalue weighted by Gasteiger charge is 2.16. The van der Waals surface area contributed by atoms with Crippen molar-refractivity contribution >= 4 is 21.4 Å². The molecule has 1 aromatic heterocycles. The normalized spacial score (nSPS) is 11.7. The lowest BCUT2D eigenvalue weighted by atomic mass is 10.5. The van der Waals surface area contributed by atoms with Crippen LogP contribution in [0.2, 0.25) is 0 Å². The first kappa shape index (κ1) is 15.0. The molecule has 0 spiro atoms. The van der Waals surface area contributed by atoms with Crippen molar-refractivity contribution < 1.29 is 21.9 Å². The summed E-state index contributed by atoms with van der Waals surface area (Å²) in [5, 5.41) is 8.57. The number of nitrogens with one attached hydrogen (secondary N) is 1. The van der Waals surface area contributed by atoms with E-state index in [1.54, 1.807) is 0 Å². The fraction of sp³-hybridized carbons (Fsp3) is 0.444. The second-order valence-corrected chi connectivity index (χ2v) is 6.17. The van der Waals surface area contributed by atoms with Crippen LogP contribution >= 0.6 is 11.3 Å². The number of nitrogens with zero attached hydrogens (tertiary/aromatic N) is 1. The Morgan fingerprint density at radius 2 is 2.22 bits per heavy atom. The van der Waals surface area contributed by atoms with Gasteiger partial charge in [-0.15, -0.1) is 11.3 Å². The van der Waals surface area contributed by atoms with E-state index in [1.807, 2.05) is 6.07 Å². The molecule has 100 valence electrons. The Bertz CT molecular complexity index is 522. The molecule has 0 saturated heterocycles. The number of alkyl halides is 2. The Kier molecular flexibility index (Phi) is 5.61. The van der Waals surface area contributed by atoms with Gasteiger partial charge in [0.1, 0.15) is 21.8 Å². The second kappa shape index (κ2) is 6.75. The summed E-state index contributed by atoms with van der Waals surface area (Å²) in [6.45, 7) is -0.964. The molecule has 0 atom stereocenters. The third-order valence-electron chi connectivity index (χ3n) is 1.74. The molecule has 0 aliphatic rings. The van der Waals surface area contributed by atoms with Crippen molar-refractivity contribution in [1.29, 1.82) is 5.26 Å². The van der Waals surface area contributed by atoms with Crippen LogP contribution in [0.1, 0.15) is 4.88 Å². The molecule has 5 nitrogen and oxygen atoms in total. The topological polar surface area (TPSA) is 79.2 Å². The number of hydrogen-bond acceptors (Lipinski definition) is 5. The van der Waals surface area contributed by atoms with E-state index in [1.165, 1.54) is 12.1 Å². The molecule has 9 heteroatoms. The van der Waals surface area contributed by atoms with Crippen LogP contribution in [0.3, 0.4) is 0 Å². The summed E-state index contributed by atoms with van der Waals surface area (Å²) in [7, 11) is -3.70. The molecule has 1 N–H and O–H groups in total. The quantitative estimate of drug-likeness (QED) is 0.766. The first-order valence-corrected chi connectivity index (χ1v) is 7.11. The summed E-state index contributed by atoms with van der Waals surface area (Å²) < 4.78 is 53.4. The number of hydrogen-bond donors (Lipinski definition) is 1. The second-order valence-electron chi connectivity index (χ2n) is 3.09. The molecule has 18 heavy (non-hydrogen) atoms. The van der Waals surface area contributed by atoms with Crippen LogP contribution in [0.5, 0.6) is 0 Å². The minimum Gasteiger partial charge on any atom is -0.374 e. The van der Waals surface area contributed by atoms with Crippen molar-refractivity contribution in [3.05, 3.63) is 17.0 Å². The fourth-order valence-electron chi connectivity index (χ4n) is 1.02. The van der Waals surface area contributed by atoms with E-state index in [0.29, 0.717) is 0 Å². The third kappa shape index (κ3) is 4.66. The minimum absolute atomic E-state index is 0.00732. The number of sulfonamides is 1. The van der Waals surface area contributed by atoms with Crippen LogP contribution < -0.4 is 4.72 Å². The molecule has 0 fully saturated rings. The van der Waals surface area contributed by atoms with Crippen molar-refractivity contribution in [3.63, 3.8) is 0 Å². The van der Waals surface area contributed by atoms with Gasteiger partial charge in [-0.05, 0) is 12.1 Å². The Hall–Kier alpha value is -1.08. The molecule has 0 radical (unpaired) electrons. The molecule has 1 rings (SSSR count). The molecule has 0 aliphatic carbocycles. The van der Waals surface area contributed by atoms with Crippen molar-refractivity contribution in [2.75, 3.05) is 19.8 Å². The predicted molar refractivity (Wildman–Crippen MR) is 61.0 cm³/mol. The van der Waals surface area contributed by atoms with Gasteiger partial charge in [0, 0.05) is 6.54 Å². The SMILES string of the molecule is N#Cc1ccc(S(=O)(=O)NCCOCC(F)F)s1. The van der Waals surface area contributed by atoms with Crippen LogP contribution in [0.25, 0.3) is 0 Å². The first-order valence-electron chi connectivity index (χ1n) is 4.81. The Morgan fingerprint density at radius 1 is 1.50 bits per heavy atom. The zero-order chi connectivity index (χ0) is 13.6. The summed E-state index contributed by atoms with van der Waals surface area (Å²) in [6, 6.07) is 4.53. The van der Waals surface area contributed by atoms with Crippen LogP contribution in [0, 0.1) is 11.3 Å². The number of halogens is 2. The van der Waals surface area contributed by atoms with Gasteiger partial charge in [-0.1, -0.05) is 0 Å². The van der Waals surface area contributed by atoms with Gasteiger partial charge in [0.25, 0.3) is 6.43 Å². The van der Waals surface area contributed by atoms with Gasteiger partial charge in [-0.2, -0.15) is 5.26 Å². The van der Waals surface area contributed by atoms with Gasteiger partial charge in [0.15, 0.2) is 0 Å². The maximum absolute atomic E-state index is 11.7. The number of rotatable bonds is 7. The highest BCUT2D eigenvalue weighted by atomic mass is 32.2. The lowest BCUT2D eigenvalue weighted by molar-refractivity contribution is 0.0199. The smallest absolute Gasteiger partial charge is 0.261 e. The molecular weight excluding hydrogens is 286 g/mol. The summed E-state index contributed by atoms with van der Waals surface area (Å²) in [5.74, 6) is 0. The molecule has 0 aromatic carbocycles. The molecule has 0 bridgehead atoms. The molecule has 1 aromatic rings. The van der Waals surface area contributed by atoms with Crippen LogP contribution in [-0.2, 0) is 14.8 Å². The van der Waals surface area contributed by atoms with Crippen LogP contribution in [0.15, 0.2) is 16.3 Å². The van der Waals surface area contributed by atoms with Gasteiger partial charge in [-0.25, -0.2) is 21.9 Å². The monoisotopic (exact) mass is 296 g/mol. The Balaban J connectivity index is 2.43. The predicted octanol–water partition coefficient (Wildman–Crippen LogP) is 1.18. The van der Waals surface area contributed by atoms with Gasteiger partial charge < -0.3 is 4.74 Å². The summed E-state index contributed by atoms with van der Waals surface area (Å²) in [4.78, 5) is 0.282. The van der Waals surface area contributed by atoms with E-state index >= 15 is 0 Å². The van der Waals surface area contributed by atoms with E-state index in [4.69, 9.17) is 5.26 Å². The summed E-state index contributed by atoms with van der Waals surface area (Å²) >= 11 is 0.836. The van der Waals surface area contributed by atoms with E-state index < -0.39 is 23.1 Å². The molecule has 0 unspecified atom stereocenters. The van der Waals surface area contributed by atoms with Crippen molar-refractivity contribution in [3.8, 4) is 6.07 Å². The van der Waals surface area contributed by atoms with Crippen molar-refractivity contribution in [2.45, 2.75) is 10.6 Å². The lowest BCUT2D eigenvalue weighted by Crippen LogP contribution is -2.27. The lowest BCUT2D eigenvalue weighted by Gasteiger charge is -2.05. The number of ether oxygens (including phenoxy) is 1. The first-order chi connectivity index (χ1) is 8.45. The highest BCUT2D eigenvalue weighted by molar-refractivity contribution is 7.91. The summed E-state index contributed by atoms with van der Waals surface area (Å²) in [6.07, 6.45) is -2.57. The number of thiophene rings is 1. The average Bonchev–Trinajstić information content (AvgIpc) is 2.77. The maximum atomic E-state index is 11.7. The molecule has 1 heterocycles. The maximum Gasteiger partial charge on any atom is 0.261 e. The highest BCUT2D eigenvalue weighted by Crippen LogP contribution is 2.20. The largest absolute Gasteiger partial charge is 0.374 e. The fourth-order valence-corrected chi connectivity index (χ4v) is 3.18. The minimum atomic E-state index is -3.70. The third-order valence-corrected chi connectivity index (χ3v) is 4.68. The van der Waals surface area contributed by atoms with E-state index in [2.05, 4.69) is 9.46 Å². The van der Waals surface area contributed by atoms with Crippen molar-refractivity contribution in [1.82, 2.24) is 4.72 Å². The zero-order valence-electron chi connectivity index (χ0n) is 9.10. The summed E-state index contributed by atoms with van der Waals surface area (Å²) in [5.41, 5.74) is 0. The van der Waals surface area contributed by atoms with Gasteiger partial charge >= 0.3 is 0 Å². The van der Waals surface area contributed by atoms with Gasteiger partial charge in [0.05, 0.1) is 6.61 Å². The van der Waals surface area contributed by atoms with E-state index in [-0.39, 0.29) is 22.2 Å². The van der Waals surface area contributed by atoms with Crippen LogP contribution in [0.4, 0.5) is 8.78 Å². The van der Waals surface area contributed by atoms with Crippen LogP contribution in [-0.4, -0.2) is 34.6 Å². The molecular formula is C9H10F2N2O3S2. The van der Waals surface area contributed by atoms with Gasteiger partial charge in [-0.3, -0.25) is 0 Å². The average molecular weight is 296 g/mol. The Morgan fingerprint density at radius 3 is 2.78 bits per heavy atom. The Labute approximate surface area is 107 Å². The van der Waals surface area contributed by atoms with E-state index in [0.717, 1.165) is 11.3 Å².